The van der Waals surface area contributed by atoms with Crippen molar-refractivity contribution >= 4 is 22.9 Å². The summed E-state index contributed by atoms with van der Waals surface area (Å²) in [4.78, 5) is 14.2. The van der Waals surface area contributed by atoms with Gasteiger partial charge in [0.1, 0.15) is 5.01 Å². The van der Waals surface area contributed by atoms with Crippen LogP contribution in [0.25, 0.3) is 10.6 Å². The van der Waals surface area contributed by atoms with E-state index in [0.717, 1.165) is 21.1 Å². The molecule has 0 fully saturated rings. The van der Waals surface area contributed by atoms with E-state index in [1.165, 1.54) is 0 Å². The molecule has 0 saturated heterocycles. The van der Waals surface area contributed by atoms with Crippen molar-refractivity contribution in [3.8, 4) is 10.6 Å². The van der Waals surface area contributed by atoms with Gasteiger partial charge < -0.3 is 0 Å². The van der Waals surface area contributed by atoms with Crippen molar-refractivity contribution in [3.05, 3.63) is 39.9 Å². The summed E-state index contributed by atoms with van der Waals surface area (Å²) >= 11 is 7.48. The summed E-state index contributed by atoms with van der Waals surface area (Å²) in [7, 11) is 0. The van der Waals surface area contributed by atoms with Crippen molar-refractivity contribution < 1.29 is 14.9 Å². The van der Waals surface area contributed by atoms with Crippen LogP contribution in [0.2, 0.25) is 5.02 Å². The minimum Gasteiger partial charge on any atom is -0.241 e. The normalized spacial score (nSPS) is 10.9. The molecule has 0 spiro atoms. The average molecular weight is 301 g/mol. The third kappa shape index (κ3) is 3.97. The zero-order valence-electron chi connectivity index (χ0n) is 10.3. The fourth-order valence-electron chi connectivity index (χ4n) is 1.57. The van der Waals surface area contributed by atoms with Crippen LogP contribution < -0.4 is 5.90 Å². The van der Waals surface area contributed by atoms with Crippen LogP contribution in [0.1, 0.15) is 10.6 Å². The molecular weight excluding hydrogens is 288 g/mol. The van der Waals surface area contributed by atoms with Gasteiger partial charge in [-0.1, -0.05) is 23.7 Å². The van der Waals surface area contributed by atoms with E-state index >= 15 is 0 Å². The van der Waals surface area contributed by atoms with Crippen LogP contribution in [0.5, 0.6) is 0 Å². The molecule has 0 amide bonds. The smallest absolute Gasteiger partial charge is 0.123 e. The van der Waals surface area contributed by atoms with Crippen molar-refractivity contribution in [3.63, 3.8) is 0 Å². The van der Waals surface area contributed by atoms with Crippen LogP contribution >= 0.6 is 22.9 Å². The summed E-state index contributed by atoms with van der Waals surface area (Å²) in [6, 6.07) is 7.60. The second-order valence-corrected chi connectivity index (χ2v) is 5.29. The van der Waals surface area contributed by atoms with Gasteiger partial charge in [0, 0.05) is 21.9 Å². The van der Waals surface area contributed by atoms with Crippen molar-refractivity contribution in [1.29, 1.82) is 0 Å². The number of nitrogens with zero attached hydrogens (tertiary/aromatic N) is 1. The largest absolute Gasteiger partial charge is 0.241 e. The topological polar surface area (TPSA) is 66.6 Å². The number of aryl methyl sites for hydroxylation is 1. The van der Waals surface area contributed by atoms with Crippen LogP contribution in [0, 0.1) is 6.92 Å². The molecule has 1 heterocycles. The minimum atomic E-state index is 0.348. The molecule has 0 aliphatic heterocycles. The lowest BCUT2D eigenvalue weighted by Crippen LogP contribution is -2.04. The third-order valence-electron chi connectivity index (χ3n) is 2.48. The Morgan fingerprint density at radius 3 is 2.74 bits per heavy atom. The number of thiazole rings is 1. The summed E-state index contributed by atoms with van der Waals surface area (Å²) in [6.07, 6.45) is 0.681. The summed E-state index contributed by atoms with van der Waals surface area (Å²) in [6.45, 7) is 2.31. The Morgan fingerprint density at radius 1 is 1.32 bits per heavy atom. The Hall–Kier alpha value is -1.02. The molecule has 2 N–H and O–H groups in total. The number of rotatable bonds is 6. The number of nitrogens with two attached hydrogens (primary N) is 1. The molecule has 19 heavy (non-hydrogen) atoms. The van der Waals surface area contributed by atoms with E-state index in [1.54, 1.807) is 11.3 Å². The predicted octanol–water partition coefficient (Wildman–Crippen LogP) is 3.07. The van der Waals surface area contributed by atoms with E-state index in [1.807, 2.05) is 31.2 Å². The van der Waals surface area contributed by atoms with Gasteiger partial charge in [0.2, 0.25) is 0 Å². The highest BCUT2D eigenvalue weighted by atomic mass is 35.5. The average Bonchev–Trinajstić information content (AvgIpc) is 2.77. The molecule has 1 aromatic carbocycles. The van der Waals surface area contributed by atoms with E-state index in [9.17, 15) is 0 Å². The maximum Gasteiger partial charge on any atom is 0.123 e. The highest BCUT2D eigenvalue weighted by Crippen LogP contribution is 2.29. The Labute approximate surface area is 119 Å². The zero-order valence-corrected chi connectivity index (χ0v) is 11.8. The highest BCUT2D eigenvalue weighted by Gasteiger charge is 2.09. The molecule has 7 heteroatoms. The van der Waals surface area contributed by atoms with Gasteiger partial charge >= 0.3 is 0 Å². The number of halogens is 1. The molecule has 0 aliphatic carbocycles. The molecule has 0 saturated carbocycles. The molecule has 1 aromatic heterocycles. The first kappa shape index (κ1) is 14.4. The van der Waals surface area contributed by atoms with Gasteiger partial charge in [-0.3, -0.25) is 0 Å². The summed E-state index contributed by atoms with van der Waals surface area (Å²) in [5.74, 6) is 4.66. The Kier molecular flexibility index (Phi) is 5.26. The first-order valence-electron chi connectivity index (χ1n) is 5.58. The van der Waals surface area contributed by atoms with Crippen LogP contribution in [0.4, 0.5) is 0 Å². The first-order chi connectivity index (χ1) is 9.20. The molecule has 0 unspecified atom stereocenters. The molecule has 2 aromatic rings. The maximum absolute atomic E-state index is 5.86. The lowest BCUT2D eigenvalue weighted by atomic mass is 10.2. The van der Waals surface area contributed by atoms with Crippen molar-refractivity contribution in [2.24, 2.45) is 5.90 Å². The van der Waals surface area contributed by atoms with Gasteiger partial charge in [-0.25, -0.2) is 9.87 Å². The fraction of sp³-hybridized carbons (Fsp3) is 0.250. The zero-order chi connectivity index (χ0) is 13.7. The Bertz CT molecular complexity index is 530. The molecule has 2 rings (SSSR count). The van der Waals surface area contributed by atoms with Crippen LogP contribution in [0.15, 0.2) is 24.3 Å². The van der Waals surface area contributed by atoms with E-state index < -0.39 is 0 Å². The van der Waals surface area contributed by atoms with E-state index in [0.29, 0.717) is 18.1 Å². The Balaban J connectivity index is 2.05. The van der Waals surface area contributed by atoms with Crippen LogP contribution in [-0.2, 0) is 21.3 Å². The second-order valence-electron chi connectivity index (χ2n) is 3.77. The summed E-state index contributed by atoms with van der Waals surface area (Å²) < 4.78 is 0. The molecule has 0 bridgehead atoms. The van der Waals surface area contributed by atoms with Gasteiger partial charge in [0.25, 0.3) is 0 Å². The van der Waals surface area contributed by atoms with Gasteiger partial charge in [-0.15, -0.1) is 16.3 Å². The Morgan fingerprint density at radius 2 is 2.05 bits per heavy atom. The molecule has 102 valence electrons. The van der Waals surface area contributed by atoms with Gasteiger partial charge in [-0.05, 0) is 24.1 Å². The quantitative estimate of drug-likeness (QED) is 0.504. The molecule has 0 atom stereocenters. The van der Waals surface area contributed by atoms with Gasteiger partial charge in [-0.2, -0.15) is 5.90 Å². The number of aromatic nitrogens is 1. The standard InChI is InChI=1S/C12H13ClN2O3S/c1-8-11(6-7-16-18-17-14)19-12(15-8)9-2-4-10(13)5-3-9/h2-5H,6-7,14H2,1H3. The van der Waals surface area contributed by atoms with Gasteiger partial charge in [0.15, 0.2) is 0 Å². The SMILES string of the molecule is Cc1nc(-c2ccc(Cl)cc2)sc1CCOOON. The lowest BCUT2D eigenvalue weighted by Gasteiger charge is -1.98. The van der Waals surface area contributed by atoms with E-state index in [4.69, 9.17) is 11.6 Å². The van der Waals surface area contributed by atoms with E-state index in [-0.39, 0.29) is 0 Å². The molecular formula is C12H13ClN2O3S. The lowest BCUT2D eigenvalue weighted by molar-refractivity contribution is -0.516. The monoisotopic (exact) mass is 300 g/mol. The van der Waals surface area contributed by atoms with Crippen LogP contribution in [-0.4, -0.2) is 11.6 Å². The molecule has 0 radical (unpaired) electrons. The van der Waals surface area contributed by atoms with Gasteiger partial charge in [0.05, 0.1) is 12.3 Å². The minimum absolute atomic E-state index is 0.348. The summed E-state index contributed by atoms with van der Waals surface area (Å²) in [5.41, 5.74) is 2.03. The first-order valence-corrected chi connectivity index (χ1v) is 6.77. The number of hydrogen-bond donors (Lipinski definition) is 1. The predicted molar refractivity (Wildman–Crippen MR) is 73.3 cm³/mol. The number of benzene rings is 1. The van der Waals surface area contributed by atoms with E-state index in [2.05, 4.69) is 25.8 Å². The molecule has 5 nitrogen and oxygen atoms in total. The highest BCUT2D eigenvalue weighted by molar-refractivity contribution is 7.15. The summed E-state index contributed by atoms with van der Waals surface area (Å²) in [5, 5.41) is 5.82. The van der Waals surface area contributed by atoms with Crippen molar-refractivity contribution in [1.82, 2.24) is 4.98 Å². The third-order valence-corrected chi connectivity index (χ3v) is 4.00. The van der Waals surface area contributed by atoms with Crippen LogP contribution in [0.3, 0.4) is 0 Å². The fourth-order valence-corrected chi connectivity index (χ4v) is 2.75. The molecule has 0 aliphatic rings. The van der Waals surface area contributed by atoms with Crippen molar-refractivity contribution in [2.45, 2.75) is 13.3 Å². The second kappa shape index (κ2) is 6.95. The number of hydrogen-bond acceptors (Lipinski definition) is 6. The maximum atomic E-state index is 5.86. The van der Waals surface area contributed by atoms with Crippen molar-refractivity contribution in [2.75, 3.05) is 6.61 Å².